The van der Waals surface area contributed by atoms with E-state index in [9.17, 15) is 9.59 Å². The summed E-state index contributed by atoms with van der Waals surface area (Å²) in [4.78, 5) is 22.4. The van der Waals surface area contributed by atoms with Crippen LogP contribution in [-0.2, 0) is 9.53 Å². The number of carbonyl (C=O) groups is 2. The number of carbonyl (C=O) groups excluding carboxylic acids is 2. The number of nitrogens with one attached hydrogen (secondary N) is 1. The summed E-state index contributed by atoms with van der Waals surface area (Å²) >= 11 is 4.63. The van der Waals surface area contributed by atoms with Crippen LogP contribution in [0, 0.1) is 0 Å². The molecule has 2 amide bonds. The molecule has 0 saturated carbocycles. The predicted octanol–water partition coefficient (Wildman–Crippen LogP) is 0.742. The zero-order valence-corrected chi connectivity index (χ0v) is 10.8. The maximum atomic E-state index is 11.5. The van der Waals surface area contributed by atoms with Gasteiger partial charge in [0, 0.05) is 6.54 Å². The van der Waals surface area contributed by atoms with Gasteiger partial charge in [0.25, 0.3) is 5.91 Å². The van der Waals surface area contributed by atoms with Crippen LogP contribution in [0.4, 0.5) is 0 Å². The molecule has 7 heteroatoms. The molecule has 1 rings (SSSR count). The topological polar surface area (TPSA) is 81.4 Å². The SMILES string of the molecule is NC(=O)COCCNC(=O)c1ccc(Br)s1. The molecule has 0 radical (unpaired) electrons. The van der Waals surface area contributed by atoms with E-state index in [0.29, 0.717) is 11.4 Å². The molecule has 88 valence electrons. The molecule has 0 fully saturated rings. The van der Waals surface area contributed by atoms with Crippen LogP contribution in [0.2, 0.25) is 0 Å². The number of primary amides is 1. The Kier molecular flexibility index (Phi) is 5.44. The van der Waals surface area contributed by atoms with E-state index in [1.807, 2.05) is 6.07 Å². The summed E-state index contributed by atoms with van der Waals surface area (Å²) in [6.07, 6.45) is 0. The van der Waals surface area contributed by atoms with Crippen LogP contribution in [0.25, 0.3) is 0 Å². The molecular weight excluding hydrogens is 296 g/mol. The zero-order valence-electron chi connectivity index (χ0n) is 8.36. The van der Waals surface area contributed by atoms with Gasteiger partial charge in [-0.2, -0.15) is 0 Å². The molecule has 0 unspecified atom stereocenters. The second kappa shape index (κ2) is 6.62. The molecular formula is C9H11BrN2O3S. The Bertz CT molecular complexity index is 381. The van der Waals surface area contributed by atoms with E-state index >= 15 is 0 Å². The first kappa shape index (κ1) is 13.1. The molecule has 0 aliphatic rings. The van der Waals surface area contributed by atoms with Crippen LogP contribution in [0.1, 0.15) is 9.67 Å². The Morgan fingerprint density at radius 3 is 2.81 bits per heavy atom. The number of thiophene rings is 1. The van der Waals surface area contributed by atoms with Gasteiger partial charge in [-0.05, 0) is 28.1 Å². The van der Waals surface area contributed by atoms with Crippen molar-refractivity contribution in [2.75, 3.05) is 19.8 Å². The van der Waals surface area contributed by atoms with Crippen molar-refractivity contribution in [1.82, 2.24) is 5.32 Å². The van der Waals surface area contributed by atoms with Crippen molar-refractivity contribution < 1.29 is 14.3 Å². The third-order valence-electron chi connectivity index (χ3n) is 1.57. The van der Waals surface area contributed by atoms with Gasteiger partial charge in [0.05, 0.1) is 15.3 Å². The van der Waals surface area contributed by atoms with Crippen LogP contribution in [-0.4, -0.2) is 31.6 Å². The van der Waals surface area contributed by atoms with Gasteiger partial charge in [-0.15, -0.1) is 11.3 Å². The van der Waals surface area contributed by atoms with Crippen LogP contribution < -0.4 is 11.1 Å². The molecule has 0 aromatic carbocycles. The number of hydrogen-bond donors (Lipinski definition) is 2. The molecule has 0 spiro atoms. The number of rotatable bonds is 6. The van der Waals surface area contributed by atoms with Crippen molar-refractivity contribution in [2.45, 2.75) is 0 Å². The fourth-order valence-electron chi connectivity index (χ4n) is 0.933. The molecule has 1 aromatic rings. The van der Waals surface area contributed by atoms with E-state index < -0.39 is 5.91 Å². The van der Waals surface area contributed by atoms with Crippen molar-refractivity contribution in [2.24, 2.45) is 5.73 Å². The highest BCUT2D eigenvalue weighted by Gasteiger charge is 2.07. The average molecular weight is 307 g/mol. The zero-order chi connectivity index (χ0) is 12.0. The minimum atomic E-state index is -0.520. The van der Waals surface area contributed by atoms with Gasteiger partial charge in [0.1, 0.15) is 6.61 Å². The quantitative estimate of drug-likeness (QED) is 0.761. The molecule has 0 aliphatic carbocycles. The molecule has 5 nitrogen and oxygen atoms in total. The standard InChI is InChI=1S/C9H11BrN2O3S/c10-7-2-1-6(16-7)9(14)12-3-4-15-5-8(11)13/h1-2H,3-5H2,(H2,11,13)(H,12,14). The molecule has 3 N–H and O–H groups in total. The van der Waals surface area contributed by atoms with E-state index in [4.69, 9.17) is 10.5 Å². The molecule has 16 heavy (non-hydrogen) atoms. The molecule has 1 heterocycles. The Balaban J connectivity index is 2.18. The minimum Gasteiger partial charge on any atom is -0.370 e. The number of ether oxygens (including phenoxy) is 1. The number of halogens is 1. The predicted molar refractivity (Wildman–Crippen MR) is 64.4 cm³/mol. The molecule has 1 aromatic heterocycles. The summed E-state index contributed by atoms with van der Waals surface area (Å²) in [7, 11) is 0. The Morgan fingerprint density at radius 1 is 1.50 bits per heavy atom. The fraction of sp³-hybridized carbons (Fsp3) is 0.333. The lowest BCUT2D eigenvalue weighted by Gasteiger charge is -2.03. The van der Waals surface area contributed by atoms with Crippen LogP contribution in [0.3, 0.4) is 0 Å². The lowest BCUT2D eigenvalue weighted by molar-refractivity contribution is -0.122. The van der Waals surface area contributed by atoms with Crippen LogP contribution >= 0.6 is 27.3 Å². The lowest BCUT2D eigenvalue weighted by Crippen LogP contribution is -2.28. The maximum absolute atomic E-state index is 11.5. The molecule has 0 aliphatic heterocycles. The molecule has 0 atom stereocenters. The largest absolute Gasteiger partial charge is 0.370 e. The summed E-state index contributed by atoms with van der Waals surface area (Å²) in [6, 6.07) is 3.54. The van der Waals surface area contributed by atoms with Gasteiger partial charge >= 0.3 is 0 Å². The molecule has 0 saturated heterocycles. The van der Waals surface area contributed by atoms with Gasteiger partial charge in [-0.3, -0.25) is 9.59 Å². The fourth-order valence-corrected chi connectivity index (χ4v) is 2.24. The highest BCUT2D eigenvalue weighted by Crippen LogP contribution is 2.21. The summed E-state index contributed by atoms with van der Waals surface area (Å²) < 4.78 is 5.80. The lowest BCUT2D eigenvalue weighted by atomic mass is 10.4. The van der Waals surface area contributed by atoms with E-state index in [2.05, 4.69) is 21.2 Å². The van der Waals surface area contributed by atoms with E-state index in [0.717, 1.165) is 3.79 Å². The van der Waals surface area contributed by atoms with E-state index in [-0.39, 0.29) is 19.1 Å². The average Bonchev–Trinajstić information content (AvgIpc) is 2.63. The smallest absolute Gasteiger partial charge is 0.261 e. The maximum Gasteiger partial charge on any atom is 0.261 e. The van der Waals surface area contributed by atoms with E-state index in [1.165, 1.54) is 11.3 Å². The molecule has 0 bridgehead atoms. The Labute approximate surface area is 105 Å². The second-order valence-corrected chi connectivity index (χ2v) is 5.34. The summed E-state index contributed by atoms with van der Waals surface area (Å²) in [5.41, 5.74) is 4.87. The first-order chi connectivity index (χ1) is 7.59. The van der Waals surface area contributed by atoms with Gasteiger partial charge in [0.2, 0.25) is 5.91 Å². The van der Waals surface area contributed by atoms with Crippen LogP contribution in [0.5, 0.6) is 0 Å². The normalized spacial score (nSPS) is 10.1. The van der Waals surface area contributed by atoms with E-state index in [1.54, 1.807) is 6.07 Å². The van der Waals surface area contributed by atoms with Crippen molar-refractivity contribution in [3.8, 4) is 0 Å². The number of hydrogen-bond acceptors (Lipinski definition) is 4. The van der Waals surface area contributed by atoms with Crippen molar-refractivity contribution in [1.29, 1.82) is 0 Å². The number of nitrogens with two attached hydrogens (primary N) is 1. The van der Waals surface area contributed by atoms with Gasteiger partial charge in [-0.1, -0.05) is 0 Å². The van der Waals surface area contributed by atoms with Gasteiger partial charge in [0.15, 0.2) is 0 Å². The Hall–Kier alpha value is -0.920. The highest BCUT2D eigenvalue weighted by atomic mass is 79.9. The van der Waals surface area contributed by atoms with Gasteiger partial charge < -0.3 is 15.8 Å². The van der Waals surface area contributed by atoms with Crippen molar-refractivity contribution >= 4 is 39.1 Å². The third kappa shape index (κ3) is 4.73. The third-order valence-corrected chi connectivity index (χ3v) is 3.20. The second-order valence-electron chi connectivity index (χ2n) is 2.88. The first-order valence-corrected chi connectivity index (χ1v) is 6.10. The minimum absolute atomic E-state index is 0.125. The first-order valence-electron chi connectivity index (χ1n) is 4.49. The summed E-state index contributed by atoms with van der Waals surface area (Å²) in [5, 5.41) is 2.66. The summed E-state index contributed by atoms with van der Waals surface area (Å²) in [5.74, 6) is -0.674. The Morgan fingerprint density at radius 2 is 2.25 bits per heavy atom. The number of amides is 2. The van der Waals surface area contributed by atoms with Crippen LogP contribution in [0.15, 0.2) is 15.9 Å². The monoisotopic (exact) mass is 306 g/mol. The van der Waals surface area contributed by atoms with Crippen molar-refractivity contribution in [3.05, 3.63) is 20.8 Å². The van der Waals surface area contributed by atoms with Crippen molar-refractivity contribution in [3.63, 3.8) is 0 Å². The van der Waals surface area contributed by atoms with Gasteiger partial charge in [-0.25, -0.2) is 0 Å². The summed E-state index contributed by atoms with van der Waals surface area (Å²) in [6.45, 7) is 0.489. The highest BCUT2D eigenvalue weighted by molar-refractivity contribution is 9.11.